The number of methoxy groups -OCH3 is 1. The second-order valence-corrected chi connectivity index (χ2v) is 9.13. The van der Waals surface area contributed by atoms with Gasteiger partial charge in [-0.15, -0.1) is 0 Å². The topological polar surface area (TPSA) is 63.6 Å². The standard InChI is InChI=1S/C23H28O4/c1-13-10-18-16-12-20(27-5)19-11-15(25)6-8-21(19,3)17(16)7-9-22(18,4)23(13,26)14(2)24/h6,8,11-12,16-18,26H,1,7,9-10H2,2-5H3/t16-,17+,18+,21-,22+,23+/m1/s1. The highest BCUT2D eigenvalue weighted by Gasteiger charge is 2.66. The van der Waals surface area contributed by atoms with Gasteiger partial charge in [-0.25, -0.2) is 0 Å². The summed E-state index contributed by atoms with van der Waals surface area (Å²) in [6.45, 7) is 9.78. The summed E-state index contributed by atoms with van der Waals surface area (Å²) in [5.41, 5.74) is -0.687. The van der Waals surface area contributed by atoms with Crippen LogP contribution in [0.1, 0.15) is 40.0 Å². The first-order valence-electron chi connectivity index (χ1n) is 9.73. The van der Waals surface area contributed by atoms with Crippen LogP contribution in [0.3, 0.4) is 0 Å². The van der Waals surface area contributed by atoms with Crippen molar-refractivity contribution in [3.63, 3.8) is 0 Å². The van der Waals surface area contributed by atoms with E-state index >= 15 is 0 Å². The number of aliphatic hydroxyl groups is 1. The molecular formula is C23H28O4. The van der Waals surface area contributed by atoms with E-state index in [1.54, 1.807) is 19.3 Å². The van der Waals surface area contributed by atoms with E-state index in [2.05, 4.69) is 19.6 Å². The predicted octanol–water partition coefficient (Wildman–Crippen LogP) is 3.53. The Hall–Kier alpha value is -1.94. The number of rotatable bonds is 2. The molecule has 0 aliphatic heterocycles. The molecule has 4 nitrogen and oxygen atoms in total. The summed E-state index contributed by atoms with van der Waals surface area (Å²) in [4.78, 5) is 24.4. The fourth-order valence-electron chi connectivity index (χ4n) is 6.54. The smallest absolute Gasteiger partial charge is 0.178 e. The van der Waals surface area contributed by atoms with Gasteiger partial charge in [-0.05, 0) is 67.7 Å². The molecule has 0 aromatic heterocycles. The lowest BCUT2D eigenvalue weighted by atomic mass is 9.48. The van der Waals surface area contributed by atoms with Crippen LogP contribution in [0.4, 0.5) is 0 Å². The molecule has 2 fully saturated rings. The highest BCUT2D eigenvalue weighted by atomic mass is 16.5. The Morgan fingerprint density at radius 3 is 2.67 bits per heavy atom. The molecule has 144 valence electrons. The molecule has 0 bridgehead atoms. The number of ether oxygens (including phenoxy) is 1. The molecule has 0 saturated heterocycles. The monoisotopic (exact) mass is 368 g/mol. The predicted molar refractivity (Wildman–Crippen MR) is 103 cm³/mol. The van der Waals surface area contributed by atoms with Crippen LogP contribution in [0.25, 0.3) is 0 Å². The fourth-order valence-corrected chi connectivity index (χ4v) is 6.54. The summed E-state index contributed by atoms with van der Waals surface area (Å²) < 4.78 is 5.69. The summed E-state index contributed by atoms with van der Waals surface area (Å²) in [5, 5.41) is 11.4. The van der Waals surface area contributed by atoms with Crippen LogP contribution in [0.5, 0.6) is 0 Å². The van der Waals surface area contributed by atoms with Gasteiger partial charge in [-0.3, -0.25) is 9.59 Å². The van der Waals surface area contributed by atoms with Crippen molar-refractivity contribution < 1.29 is 19.4 Å². The quantitative estimate of drug-likeness (QED) is 0.758. The minimum Gasteiger partial charge on any atom is -0.497 e. The third-order valence-corrected chi connectivity index (χ3v) is 8.10. The van der Waals surface area contributed by atoms with Crippen molar-refractivity contribution in [3.05, 3.63) is 47.8 Å². The summed E-state index contributed by atoms with van der Waals surface area (Å²) in [6, 6.07) is 0. The first-order valence-corrected chi connectivity index (χ1v) is 9.73. The fraction of sp³-hybridized carbons (Fsp3) is 0.565. The van der Waals surface area contributed by atoms with E-state index in [0.717, 1.165) is 24.2 Å². The Labute approximate surface area is 160 Å². The molecule has 4 aliphatic carbocycles. The lowest BCUT2D eigenvalue weighted by Gasteiger charge is -2.56. The SMILES string of the molecule is C=C1C[C@H]2[C@@H]3C=C(OC)C4=CC(=O)C=C[C@]4(C)[C@H]3CC[C@]2(C)[C@@]1(O)C(C)=O. The average molecular weight is 368 g/mol. The first-order chi connectivity index (χ1) is 12.6. The number of Topliss-reactive ketones (excluding diaryl/α,β-unsaturated/α-hetero) is 1. The van der Waals surface area contributed by atoms with Crippen molar-refractivity contribution in [1.29, 1.82) is 0 Å². The number of fused-ring (bicyclic) bond motifs is 5. The van der Waals surface area contributed by atoms with Gasteiger partial charge in [0.25, 0.3) is 0 Å². The molecular weight excluding hydrogens is 340 g/mol. The third kappa shape index (κ3) is 2.08. The second-order valence-electron chi connectivity index (χ2n) is 9.13. The maximum Gasteiger partial charge on any atom is 0.178 e. The van der Waals surface area contributed by atoms with E-state index in [1.165, 1.54) is 6.92 Å². The molecule has 4 heteroatoms. The van der Waals surface area contributed by atoms with E-state index in [0.29, 0.717) is 17.9 Å². The largest absolute Gasteiger partial charge is 0.497 e. The van der Waals surface area contributed by atoms with Crippen molar-refractivity contribution >= 4 is 11.6 Å². The van der Waals surface area contributed by atoms with Crippen LogP contribution in [0.15, 0.2) is 47.8 Å². The molecule has 4 rings (SSSR count). The minimum atomic E-state index is -1.46. The van der Waals surface area contributed by atoms with Gasteiger partial charge < -0.3 is 9.84 Å². The number of carbonyl (C=O) groups excluding carboxylic acids is 2. The van der Waals surface area contributed by atoms with Crippen LogP contribution in [-0.4, -0.2) is 29.4 Å². The summed E-state index contributed by atoms with van der Waals surface area (Å²) in [5.74, 6) is 1.09. The van der Waals surface area contributed by atoms with Crippen LogP contribution in [-0.2, 0) is 14.3 Å². The van der Waals surface area contributed by atoms with Crippen molar-refractivity contribution in [1.82, 2.24) is 0 Å². The Bertz CT molecular complexity index is 846. The van der Waals surface area contributed by atoms with Gasteiger partial charge in [0, 0.05) is 16.4 Å². The van der Waals surface area contributed by atoms with E-state index in [9.17, 15) is 14.7 Å². The number of allylic oxidation sites excluding steroid dienone is 5. The normalized spacial score (nSPS) is 45.4. The lowest BCUT2D eigenvalue weighted by Crippen LogP contribution is -2.56. The first kappa shape index (κ1) is 18.4. The van der Waals surface area contributed by atoms with Gasteiger partial charge in [-0.2, -0.15) is 0 Å². The number of ketones is 2. The maximum absolute atomic E-state index is 12.4. The highest BCUT2D eigenvalue weighted by Crippen LogP contribution is 2.67. The Morgan fingerprint density at radius 1 is 1.33 bits per heavy atom. The molecule has 0 spiro atoms. The zero-order valence-electron chi connectivity index (χ0n) is 16.5. The molecule has 0 aromatic rings. The van der Waals surface area contributed by atoms with E-state index < -0.39 is 11.0 Å². The average Bonchev–Trinajstić information content (AvgIpc) is 2.83. The number of carbonyl (C=O) groups is 2. The molecule has 0 radical (unpaired) electrons. The van der Waals surface area contributed by atoms with Gasteiger partial charge in [0.1, 0.15) is 11.4 Å². The van der Waals surface area contributed by atoms with Crippen LogP contribution >= 0.6 is 0 Å². The van der Waals surface area contributed by atoms with Crippen LogP contribution < -0.4 is 0 Å². The molecule has 0 heterocycles. The molecule has 0 amide bonds. The summed E-state index contributed by atoms with van der Waals surface area (Å²) >= 11 is 0. The van der Waals surface area contributed by atoms with E-state index in [-0.39, 0.29) is 28.8 Å². The molecule has 0 unspecified atom stereocenters. The summed E-state index contributed by atoms with van der Waals surface area (Å²) in [7, 11) is 1.64. The lowest BCUT2D eigenvalue weighted by molar-refractivity contribution is -0.150. The molecule has 6 atom stereocenters. The molecule has 27 heavy (non-hydrogen) atoms. The Morgan fingerprint density at radius 2 is 2.04 bits per heavy atom. The van der Waals surface area contributed by atoms with Crippen molar-refractivity contribution in [3.8, 4) is 0 Å². The molecule has 0 aromatic carbocycles. The van der Waals surface area contributed by atoms with Gasteiger partial charge in [-0.1, -0.05) is 26.5 Å². The van der Waals surface area contributed by atoms with E-state index in [1.807, 2.05) is 13.0 Å². The van der Waals surface area contributed by atoms with Gasteiger partial charge in [0.2, 0.25) is 0 Å². The van der Waals surface area contributed by atoms with Crippen molar-refractivity contribution in [2.75, 3.05) is 7.11 Å². The van der Waals surface area contributed by atoms with Gasteiger partial charge in [0.05, 0.1) is 7.11 Å². The zero-order chi connectivity index (χ0) is 19.8. The maximum atomic E-state index is 12.4. The van der Waals surface area contributed by atoms with Gasteiger partial charge >= 0.3 is 0 Å². The molecule has 1 N–H and O–H groups in total. The highest BCUT2D eigenvalue weighted by molar-refractivity contribution is 6.01. The van der Waals surface area contributed by atoms with Crippen LogP contribution in [0.2, 0.25) is 0 Å². The third-order valence-electron chi connectivity index (χ3n) is 8.10. The molecule has 4 aliphatic rings. The minimum absolute atomic E-state index is 0.00952. The van der Waals surface area contributed by atoms with Crippen molar-refractivity contribution in [2.45, 2.75) is 45.6 Å². The van der Waals surface area contributed by atoms with Gasteiger partial charge in [0.15, 0.2) is 11.6 Å². The number of hydrogen-bond donors (Lipinski definition) is 1. The Kier molecular flexibility index (Phi) is 3.78. The summed E-state index contributed by atoms with van der Waals surface area (Å²) in [6.07, 6.45) is 9.78. The molecule has 2 saturated carbocycles. The zero-order valence-corrected chi connectivity index (χ0v) is 16.5. The van der Waals surface area contributed by atoms with E-state index in [4.69, 9.17) is 4.74 Å². The Balaban J connectivity index is 1.86. The van der Waals surface area contributed by atoms with Crippen molar-refractivity contribution in [2.24, 2.45) is 28.6 Å². The number of hydrogen-bond acceptors (Lipinski definition) is 4. The second kappa shape index (κ2) is 5.54. The van der Waals surface area contributed by atoms with Crippen LogP contribution in [0, 0.1) is 28.6 Å².